The highest BCUT2D eigenvalue weighted by molar-refractivity contribution is 7.17. The van der Waals surface area contributed by atoms with Crippen molar-refractivity contribution in [1.29, 1.82) is 0 Å². The molecule has 29 heavy (non-hydrogen) atoms. The molecule has 0 fully saturated rings. The SMILES string of the molecule is CCCOC(=O)c1ccc(Nc2ncnc3scc(-c4ccc(Cl)cc4)c23)cc1. The van der Waals surface area contributed by atoms with E-state index in [4.69, 9.17) is 16.3 Å². The van der Waals surface area contributed by atoms with Gasteiger partial charge in [0.2, 0.25) is 0 Å². The molecule has 2 aromatic heterocycles. The Kier molecular flexibility index (Phi) is 5.74. The zero-order chi connectivity index (χ0) is 20.2. The molecule has 0 atom stereocenters. The summed E-state index contributed by atoms with van der Waals surface area (Å²) in [6.45, 7) is 2.38. The molecule has 7 heteroatoms. The Hall–Kier alpha value is -2.96. The molecule has 2 aromatic carbocycles. The summed E-state index contributed by atoms with van der Waals surface area (Å²) < 4.78 is 5.17. The smallest absolute Gasteiger partial charge is 0.338 e. The van der Waals surface area contributed by atoms with Crippen molar-refractivity contribution in [2.75, 3.05) is 11.9 Å². The Morgan fingerprint density at radius 1 is 1.10 bits per heavy atom. The maximum atomic E-state index is 12.0. The molecule has 0 aliphatic rings. The van der Waals surface area contributed by atoms with Crippen molar-refractivity contribution in [2.45, 2.75) is 13.3 Å². The molecule has 0 bridgehead atoms. The van der Waals surface area contributed by atoms with Crippen LogP contribution >= 0.6 is 22.9 Å². The molecule has 4 rings (SSSR count). The number of rotatable bonds is 6. The van der Waals surface area contributed by atoms with Gasteiger partial charge >= 0.3 is 5.97 Å². The van der Waals surface area contributed by atoms with Crippen LogP contribution < -0.4 is 5.32 Å². The number of benzene rings is 2. The molecule has 0 aliphatic carbocycles. The van der Waals surface area contributed by atoms with Gasteiger partial charge in [0, 0.05) is 21.7 Å². The van der Waals surface area contributed by atoms with Crippen LogP contribution in [0.3, 0.4) is 0 Å². The molecule has 1 N–H and O–H groups in total. The van der Waals surface area contributed by atoms with E-state index in [1.54, 1.807) is 29.8 Å². The van der Waals surface area contributed by atoms with Crippen LogP contribution in [0.5, 0.6) is 0 Å². The van der Waals surface area contributed by atoms with Crippen molar-refractivity contribution in [1.82, 2.24) is 9.97 Å². The van der Waals surface area contributed by atoms with Crippen LogP contribution in [0, 0.1) is 0 Å². The maximum absolute atomic E-state index is 12.0. The van der Waals surface area contributed by atoms with Gasteiger partial charge in [-0.15, -0.1) is 11.3 Å². The third kappa shape index (κ3) is 4.23. The number of anilines is 2. The summed E-state index contributed by atoms with van der Waals surface area (Å²) >= 11 is 7.59. The van der Waals surface area contributed by atoms with Gasteiger partial charge in [0.25, 0.3) is 0 Å². The third-order valence-electron chi connectivity index (χ3n) is 4.35. The summed E-state index contributed by atoms with van der Waals surface area (Å²) in [5.41, 5.74) is 3.44. The Morgan fingerprint density at radius 3 is 2.59 bits per heavy atom. The van der Waals surface area contributed by atoms with E-state index in [-0.39, 0.29) is 5.97 Å². The van der Waals surface area contributed by atoms with Crippen LogP contribution in [0.1, 0.15) is 23.7 Å². The van der Waals surface area contributed by atoms with Gasteiger partial charge < -0.3 is 10.1 Å². The number of hydrogen-bond acceptors (Lipinski definition) is 6. The van der Waals surface area contributed by atoms with Crippen LogP contribution in [0.15, 0.2) is 60.2 Å². The summed E-state index contributed by atoms with van der Waals surface area (Å²) in [5.74, 6) is 0.396. The van der Waals surface area contributed by atoms with E-state index in [1.165, 1.54) is 0 Å². The normalized spacial score (nSPS) is 10.8. The summed E-state index contributed by atoms with van der Waals surface area (Å²) in [5, 5.41) is 7.06. The molecule has 5 nitrogen and oxygen atoms in total. The highest BCUT2D eigenvalue weighted by Gasteiger charge is 2.14. The first-order valence-electron chi connectivity index (χ1n) is 9.18. The number of fused-ring (bicyclic) bond motifs is 1. The molecule has 146 valence electrons. The second kappa shape index (κ2) is 8.59. The number of nitrogens with one attached hydrogen (secondary N) is 1. The predicted octanol–water partition coefficient (Wildman–Crippen LogP) is 6.32. The molecule has 0 spiro atoms. The Morgan fingerprint density at radius 2 is 1.86 bits per heavy atom. The number of carbonyl (C=O) groups excluding carboxylic acids is 1. The van der Waals surface area contributed by atoms with Gasteiger partial charge in [-0.25, -0.2) is 14.8 Å². The minimum absolute atomic E-state index is 0.314. The van der Waals surface area contributed by atoms with Crippen molar-refractivity contribution in [3.63, 3.8) is 0 Å². The molecule has 0 amide bonds. The first-order chi connectivity index (χ1) is 14.2. The van der Waals surface area contributed by atoms with Crippen molar-refractivity contribution < 1.29 is 9.53 Å². The Balaban J connectivity index is 1.64. The zero-order valence-electron chi connectivity index (χ0n) is 15.7. The Bertz CT molecular complexity index is 1140. The average Bonchev–Trinajstić information content (AvgIpc) is 3.18. The van der Waals surface area contributed by atoms with Crippen LogP contribution in [0.25, 0.3) is 21.3 Å². The van der Waals surface area contributed by atoms with E-state index in [0.717, 1.165) is 33.5 Å². The molecular formula is C22H18ClN3O2S. The van der Waals surface area contributed by atoms with Gasteiger partial charge in [-0.1, -0.05) is 30.7 Å². The van der Waals surface area contributed by atoms with Crippen molar-refractivity contribution in [2.24, 2.45) is 0 Å². The van der Waals surface area contributed by atoms with Crippen LogP contribution in [-0.4, -0.2) is 22.5 Å². The highest BCUT2D eigenvalue weighted by Crippen LogP contribution is 2.37. The van der Waals surface area contributed by atoms with Crippen molar-refractivity contribution in [3.05, 3.63) is 70.8 Å². The fourth-order valence-corrected chi connectivity index (χ4v) is 3.96. The number of carbonyl (C=O) groups is 1. The van der Waals surface area contributed by atoms with Gasteiger partial charge in [-0.2, -0.15) is 0 Å². The molecule has 0 unspecified atom stereocenters. The number of esters is 1. The largest absolute Gasteiger partial charge is 0.462 e. The topological polar surface area (TPSA) is 64.1 Å². The number of halogens is 1. The second-order valence-electron chi connectivity index (χ2n) is 6.40. The number of thiophene rings is 1. The molecule has 0 saturated carbocycles. The van der Waals surface area contributed by atoms with E-state index >= 15 is 0 Å². The van der Waals surface area contributed by atoms with Crippen LogP contribution in [0.2, 0.25) is 5.02 Å². The van der Waals surface area contributed by atoms with E-state index in [1.807, 2.05) is 43.3 Å². The van der Waals surface area contributed by atoms with Gasteiger partial charge in [-0.3, -0.25) is 0 Å². The van der Waals surface area contributed by atoms with E-state index in [0.29, 0.717) is 23.0 Å². The van der Waals surface area contributed by atoms with Gasteiger partial charge in [0.05, 0.1) is 17.6 Å². The molecule has 4 aromatic rings. The van der Waals surface area contributed by atoms with Gasteiger partial charge in [0.15, 0.2) is 0 Å². The molecule has 2 heterocycles. The average molecular weight is 424 g/mol. The maximum Gasteiger partial charge on any atom is 0.338 e. The van der Waals surface area contributed by atoms with Crippen LogP contribution in [0.4, 0.5) is 11.5 Å². The lowest BCUT2D eigenvalue weighted by molar-refractivity contribution is 0.0505. The molecular weight excluding hydrogens is 406 g/mol. The van der Waals surface area contributed by atoms with Crippen molar-refractivity contribution in [3.8, 4) is 11.1 Å². The highest BCUT2D eigenvalue weighted by atomic mass is 35.5. The third-order valence-corrected chi connectivity index (χ3v) is 5.48. The van der Waals surface area contributed by atoms with Gasteiger partial charge in [-0.05, 0) is 48.4 Å². The number of hydrogen-bond donors (Lipinski definition) is 1. The summed E-state index contributed by atoms with van der Waals surface area (Å²) in [6, 6.07) is 14.9. The quantitative estimate of drug-likeness (QED) is 0.367. The van der Waals surface area contributed by atoms with Gasteiger partial charge in [0.1, 0.15) is 17.0 Å². The molecule has 0 radical (unpaired) electrons. The van der Waals surface area contributed by atoms with E-state index in [9.17, 15) is 4.79 Å². The Labute approximate surface area is 177 Å². The first kappa shape index (κ1) is 19.4. The summed E-state index contributed by atoms with van der Waals surface area (Å²) in [4.78, 5) is 21.7. The molecule has 0 aliphatic heterocycles. The lowest BCUT2D eigenvalue weighted by atomic mass is 10.1. The summed E-state index contributed by atoms with van der Waals surface area (Å²) in [7, 11) is 0. The first-order valence-corrected chi connectivity index (χ1v) is 10.4. The van der Waals surface area contributed by atoms with Crippen molar-refractivity contribution >= 4 is 50.6 Å². The monoisotopic (exact) mass is 423 g/mol. The minimum Gasteiger partial charge on any atom is -0.462 e. The predicted molar refractivity (Wildman–Crippen MR) is 118 cm³/mol. The van der Waals surface area contributed by atoms with Crippen LogP contribution in [-0.2, 0) is 4.74 Å². The van der Waals surface area contributed by atoms with E-state index in [2.05, 4.69) is 20.7 Å². The lowest BCUT2D eigenvalue weighted by Gasteiger charge is -2.09. The molecule has 0 saturated heterocycles. The number of aromatic nitrogens is 2. The summed E-state index contributed by atoms with van der Waals surface area (Å²) in [6.07, 6.45) is 2.34. The zero-order valence-corrected chi connectivity index (χ0v) is 17.3. The minimum atomic E-state index is -0.314. The second-order valence-corrected chi connectivity index (χ2v) is 7.69. The number of ether oxygens (including phenoxy) is 1. The number of nitrogens with zero attached hydrogens (tertiary/aromatic N) is 2. The fourth-order valence-electron chi connectivity index (χ4n) is 2.92. The fraction of sp³-hybridized carbons (Fsp3) is 0.136. The van der Waals surface area contributed by atoms with E-state index < -0.39 is 0 Å². The standard InChI is InChI=1S/C22H18ClN3O2S/c1-2-11-28-22(27)15-5-9-17(10-6-15)26-20-19-18(12-29-21(19)25-13-24-20)14-3-7-16(23)8-4-14/h3-10,12-13H,2,11H2,1H3,(H,24,25,26). The lowest BCUT2D eigenvalue weighted by Crippen LogP contribution is -2.05.